The number of benzene rings is 1. The van der Waals surface area contributed by atoms with Crippen LogP contribution in [-0.4, -0.2) is 23.6 Å². The summed E-state index contributed by atoms with van der Waals surface area (Å²) >= 11 is 1.35. The van der Waals surface area contributed by atoms with E-state index in [2.05, 4.69) is 15.6 Å². The van der Waals surface area contributed by atoms with Gasteiger partial charge in [-0.05, 0) is 30.5 Å². The Hall–Kier alpha value is -2.61. The van der Waals surface area contributed by atoms with Gasteiger partial charge in [-0.3, -0.25) is 9.59 Å². The molecule has 8 heteroatoms. The van der Waals surface area contributed by atoms with Gasteiger partial charge >= 0.3 is 0 Å². The Labute approximate surface area is 161 Å². The molecule has 2 N–H and O–H groups in total. The third kappa shape index (κ3) is 4.39. The minimum Gasteiger partial charge on any atom is -0.454 e. The van der Waals surface area contributed by atoms with Gasteiger partial charge in [0.1, 0.15) is 0 Å². The van der Waals surface area contributed by atoms with Gasteiger partial charge in [-0.1, -0.05) is 18.9 Å². The predicted octanol–water partition coefficient (Wildman–Crippen LogP) is 2.86. The Balaban J connectivity index is 1.26. The number of rotatable bonds is 6. The molecule has 7 nitrogen and oxygen atoms in total. The number of thiazole rings is 1. The summed E-state index contributed by atoms with van der Waals surface area (Å²) in [4.78, 5) is 28.7. The molecule has 2 aliphatic rings. The molecule has 2 aromatic rings. The summed E-state index contributed by atoms with van der Waals surface area (Å²) in [5.74, 6) is 1.44. The number of nitrogens with one attached hydrogen (secondary N) is 2. The fraction of sp³-hybridized carbons (Fsp3) is 0.421. The van der Waals surface area contributed by atoms with Gasteiger partial charge in [0, 0.05) is 17.8 Å². The first-order valence-electron chi connectivity index (χ1n) is 9.08. The van der Waals surface area contributed by atoms with Crippen molar-refractivity contribution in [3.05, 3.63) is 34.8 Å². The largest absolute Gasteiger partial charge is 0.454 e. The lowest BCUT2D eigenvalue weighted by Gasteiger charge is -2.07. The molecule has 0 unspecified atom stereocenters. The van der Waals surface area contributed by atoms with Gasteiger partial charge in [0.25, 0.3) is 0 Å². The molecular weight excluding hydrogens is 366 g/mol. The number of hydrogen-bond acceptors (Lipinski definition) is 6. The van der Waals surface area contributed by atoms with E-state index >= 15 is 0 Å². The molecule has 1 fully saturated rings. The van der Waals surface area contributed by atoms with Gasteiger partial charge < -0.3 is 20.1 Å². The van der Waals surface area contributed by atoms with Crippen LogP contribution in [0.3, 0.4) is 0 Å². The van der Waals surface area contributed by atoms with Gasteiger partial charge in [-0.15, -0.1) is 11.3 Å². The molecule has 1 aromatic heterocycles. The van der Waals surface area contributed by atoms with E-state index in [0.29, 0.717) is 23.1 Å². The number of fused-ring (bicyclic) bond motifs is 1. The van der Waals surface area contributed by atoms with Crippen molar-refractivity contribution >= 4 is 28.3 Å². The molecule has 0 atom stereocenters. The third-order valence-corrected chi connectivity index (χ3v) is 5.58. The van der Waals surface area contributed by atoms with Crippen LogP contribution >= 0.6 is 11.3 Å². The molecule has 1 aromatic carbocycles. The smallest absolute Gasteiger partial charge is 0.231 e. The minimum atomic E-state index is -0.119. The number of carbonyl (C=O) groups excluding carboxylic acids is 2. The second kappa shape index (κ2) is 7.96. The van der Waals surface area contributed by atoms with Crippen LogP contribution in [0.2, 0.25) is 0 Å². The first kappa shape index (κ1) is 17.8. The van der Waals surface area contributed by atoms with E-state index in [-0.39, 0.29) is 30.9 Å². The van der Waals surface area contributed by atoms with Gasteiger partial charge in [0.15, 0.2) is 16.6 Å². The zero-order valence-corrected chi connectivity index (χ0v) is 15.6. The van der Waals surface area contributed by atoms with Crippen LogP contribution < -0.4 is 20.1 Å². The van der Waals surface area contributed by atoms with Crippen molar-refractivity contribution in [2.45, 2.75) is 38.6 Å². The van der Waals surface area contributed by atoms with E-state index < -0.39 is 0 Å². The molecular formula is C19H21N3O4S. The van der Waals surface area contributed by atoms with Crippen molar-refractivity contribution in [1.29, 1.82) is 0 Å². The number of aromatic nitrogens is 1. The van der Waals surface area contributed by atoms with E-state index in [1.165, 1.54) is 11.3 Å². The van der Waals surface area contributed by atoms with Crippen LogP contribution in [0.15, 0.2) is 23.6 Å². The fourth-order valence-electron chi connectivity index (χ4n) is 3.32. The molecule has 4 rings (SSSR count). The van der Waals surface area contributed by atoms with E-state index in [4.69, 9.17) is 9.47 Å². The second-order valence-electron chi connectivity index (χ2n) is 6.76. The molecule has 0 spiro atoms. The maximum atomic E-state index is 12.2. The van der Waals surface area contributed by atoms with Crippen LogP contribution in [0.25, 0.3) is 0 Å². The van der Waals surface area contributed by atoms with Crippen molar-refractivity contribution < 1.29 is 19.1 Å². The van der Waals surface area contributed by atoms with E-state index in [9.17, 15) is 9.59 Å². The molecule has 1 aliphatic heterocycles. The highest BCUT2D eigenvalue weighted by Crippen LogP contribution is 2.32. The lowest BCUT2D eigenvalue weighted by molar-refractivity contribution is -0.121. The van der Waals surface area contributed by atoms with Crippen molar-refractivity contribution in [2.24, 2.45) is 5.92 Å². The van der Waals surface area contributed by atoms with Crippen molar-refractivity contribution in [2.75, 3.05) is 12.1 Å². The maximum absolute atomic E-state index is 12.2. The van der Waals surface area contributed by atoms with Gasteiger partial charge in [-0.2, -0.15) is 0 Å². The number of amides is 2. The highest BCUT2D eigenvalue weighted by Gasteiger charge is 2.23. The molecule has 1 saturated carbocycles. The van der Waals surface area contributed by atoms with Gasteiger partial charge in [0.05, 0.1) is 12.1 Å². The van der Waals surface area contributed by atoms with E-state index in [1.54, 1.807) is 0 Å². The first-order valence-corrected chi connectivity index (χ1v) is 9.96. The molecule has 0 radical (unpaired) electrons. The number of ether oxygens (including phenoxy) is 2. The Morgan fingerprint density at radius 2 is 2.00 bits per heavy atom. The summed E-state index contributed by atoms with van der Waals surface area (Å²) in [6, 6.07) is 5.60. The van der Waals surface area contributed by atoms with Crippen LogP contribution in [0.1, 0.15) is 36.9 Å². The molecule has 2 amide bonds. The monoisotopic (exact) mass is 387 g/mol. The summed E-state index contributed by atoms with van der Waals surface area (Å²) in [6.45, 7) is 0.638. The van der Waals surface area contributed by atoms with Crippen molar-refractivity contribution in [3.63, 3.8) is 0 Å². The Kier molecular flexibility index (Phi) is 5.24. The van der Waals surface area contributed by atoms with Gasteiger partial charge in [-0.25, -0.2) is 4.98 Å². The zero-order chi connectivity index (χ0) is 18.6. The average Bonchev–Trinajstić information content (AvgIpc) is 3.41. The standard InChI is InChI=1S/C19H21N3O4S/c23-17(20-9-12-5-6-15-16(7-12)26-11-25-15)8-14-10-27-19(21-14)22-18(24)13-3-1-2-4-13/h5-7,10,13H,1-4,8-9,11H2,(H,20,23)(H,21,22,24). The lowest BCUT2D eigenvalue weighted by atomic mass is 10.1. The van der Waals surface area contributed by atoms with Crippen LogP contribution in [0, 0.1) is 5.92 Å². The summed E-state index contributed by atoms with van der Waals surface area (Å²) in [5.41, 5.74) is 1.60. The quantitative estimate of drug-likeness (QED) is 0.796. The Morgan fingerprint density at radius 3 is 2.85 bits per heavy atom. The molecule has 2 heterocycles. The first-order chi connectivity index (χ1) is 13.2. The Morgan fingerprint density at radius 1 is 1.19 bits per heavy atom. The summed E-state index contributed by atoms with van der Waals surface area (Å²) in [5, 5.41) is 8.12. The minimum absolute atomic E-state index is 0.0423. The molecule has 142 valence electrons. The Bertz CT molecular complexity index is 845. The fourth-order valence-corrected chi connectivity index (χ4v) is 4.03. The maximum Gasteiger partial charge on any atom is 0.231 e. The molecule has 27 heavy (non-hydrogen) atoms. The molecule has 0 saturated heterocycles. The molecule has 0 bridgehead atoms. The highest BCUT2D eigenvalue weighted by molar-refractivity contribution is 7.13. The third-order valence-electron chi connectivity index (χ3n) is 4.78. The molecule has 1 aliphatic carbocycles. The topological polar surface area (TPSA) is 89.6 Å². The average molecular weight is 387 g/mol. The SMILES string of the molecule is O=C(Cc1csc(NC(=O)C2CCCC2)n1)NCc1ccc2c(c1)OCO2. The predicted molar refractivity (Wildman–Crippen MR) is 101 cm³/mol. The van der Waals surface area contributed by atoms with Crippen molar-refractivity contribution in [1.82, 2.24) is 10.3 Å². The van der Waals surface area contributed by atoms with Crippen LogP contribution in [-0.2, 0) is 22.6 Å². The van der Waals surface area contributed by atoms with E-state index in [1.807, 2.05) is 23.6 Å². The van der Waals surface area contributed by atoms with Crippen LogP contribution in [0.4, 0.5) is 5.13 Å². The number of carbonyl (C=O) groups is 2. The van der Waals surface area contributed by atoms with Gasteiger partial charge in [0.2, 0.25) is 18.6 Å². The lowest BCUT2D eigenvalue weighted by Crippen LogP contribution is -2.24. The highest BCUT2D eigenvalue weighted by atomic mass is 32.1. The second-order valence-corrected chi connectivity index (χ2v) is 7.61. The normalized spacial score (nSPS) is 15.7. The number of nitrogens with zero attached hydrogens (tertiary/aromatic N) is 1. The van der Waals surface area contributed by atoms with Crippen LogP contribution in [0.5, 0.6) is 11.5 Å². The number of anilines is 1. The summed E-state index contributed by atoms with van der Waals surface area (Å²) < 4.78 is 10.6. The van der Waals surface area contributed by atoms with Crippen molar-refractivity contribution in [3.8, 4) is 11.5 Å². The summed E-state index contributed by atoms with van der Waals surface area (Å²) in [7, 11) is 0. The van der Waals surface area contributed by atoms with E-state index in [0.717, 1.165) is 37.0 Å². The zero-order valence-electron chi connectivity index (χ0n) is 14.8. The number of hydrogen-bond donors (Lipinski definition) is 2. The summed E-state index contributed by atoms with van der Waals surface area (Å²) in [6.07, 6.45) is 4.31.